The van der Waals surface area contributed by atoms with E-state index in [-0.39, 0.29) is 34.6 Å². The molecule has 1 aliphatic carbocycles. The Bertz CT molecular complexity index is 985. The van der Waals surface area contributed by atoms with Gasteiger partial charge < -0.3 is 19.5 Å². The number of nitrogens with one attached hydrogen (secondary N) is 2. The SMILES string of the molecule is COc1ccc(C(=O)N[C@@]2(C(F)(F)F)NC(=O)N([C@@H]3CCC[C@H](C)[C@@H]3C)C2=O)c(OC)c1OC. The minimum atomic E-state index is -5.32. The number of halogens is 3. The molecule has 188 valence electrons. The van der Waals surface area contributed by atoms with Crippen LogP contribution in [0.15, 0.2) is 12.1 Å². The van der Waals surface area contributed by atoms with E-state index in [2.05, 4.69) is 0 Å². The fraction of sp³-hybridized carbons (Fsp3) is 0.591. The predicted octanol–water partition coefficient (Wildman–Crippen LogP) is 3.08. The van der Waals surface area contributed by atoms with Crippen LogP contribution < -0.4 is 24.8 Å². The van der Waals surface area contributed by atoms with Crippen molar-refractivity contribution in [1.82, 2.24) is 15.5 Å². The molecule has 3 rings (SSSR count). The first-order chi connectivity index (χ1) is 15.9. The van der Waals surface area contributed by atoms with E-state index in [1.807, 2.05) is 6.92 Å². The quantitative estimate of drug-likeness (QED) is 0.598. The van der Waals surface area contributed by atoms with Gasteiger partial charge in [0.05, 0.1) is 26.9 Å². The van der Waals surface area contributed by atoms with Crippen LogP contribution in [0.1, 0.15) is 43.5 Å². The third-order valence-electron chi connectivity index (χ3n) is 6.72. The zero-order valence-corrected chi connectivity index (χ0v) is 19.5. The number of urea groups is 1. The highest BCUT2D eigenvalue weighted by Gasteiger charge is 2.70. The van der Waals surface area contributed by atoms with Crippen molar-refractivity contribution in [1.29, 1.82) is 0 Å². The van der Waals surface area contributed by atoms with Gasteiger partial charge in [-0.05, 0) is 30.4 Å². The lowest BCUT2D eigenvalue weighted by Gasteiger charge is -2.38. The Morgan fingerprint density at radius 3 is 2.29 bits per heavy atom. The van der Waals surface area contributed by atoms with Crippen LogP contribution in [0.4, 0.5) is 18.0 Å². The van der Waals surface area contributed by atoms with Gasteiger partial charge in [0, 0.05) is 6.04 Å². The fourth-order valence-electron chi connectivity index (χ4n) is 4.63. The molecule has 0 aromatic heterocycles. The van der Waals surface area contributed by atoms with Gasteiger partial charge in [-0.3, -0.25) is 19.8 Å². The highest BCUT2D eigenvalue weighted by molar-refractivity contribution is 6.11. The molecule has 1 aromatic carbocycles. The molecule has 1 saturated carbocycles. The average molecular weight is 487 g/mol. The second-order valence-electron chi connectivity index (χ2n) is 8.52. The van der Waals surface area contributed by atoms with Crippen LogP contribution >= 0.6 is 0 Å². The van der Waals surface area contributed by atoms with E-state index >= 15 is 0 Å². The number of rotatable bonds is 6. The molecule has 0 bridgehead atoms. The predicted molar refractivity (Wildman–Crippen MR) is 114 cm³/mol. The number of hydrogen-bond donors (Lipinski definition) is 2. The molecule has 34 heavy (non-hydrogen) atoms. The smallest absolute Gasteiger partial charge is 0.440 e. The summed E-state index contributed by atoms with van der Waals surface area (Å²) in [5, 5.41) is 3.44. The number of nitrogens with zero attached hydrogens (tertiary/aromatic N) is 1. The molecule has 4 atom stereocenters. The van der Waals surface area contributed by atoms with Gasteiger partial charge in [-0.1, -0.05) is 26.7 Å². The third-order valence-corrected chi connectivity index (χ3v) is 6.72. The molecule has 0 radical (unpaired) electrons. The van der Waals surface area contributed by atoms with E-state index < -0.39 is 35.7 Å². The largest absolute Gasteiger partial charge is 0.493 e. The lowest BCUT2D eigenvalue weighted by molar-refractivity contribution is -0.201. The summed E-state index contributed by atoms with van der Waals surface area (Å²) in [5.74, 6) is -2.98. The molecule has 4 amide bonds. The molecule has 1 saturated heterocycles. The highest BCUT2D eigenvalue weighted by Crippen LogP contribution is 2.42. The van der Waals surface area contributed by atoms with Crippen LogP contribution in [0.5, 0.6) is 17.2 Å². The van der Waals surface area contributed by atoms with Crippen LogP contribution in [0, 0.1) is 11.8 Å². The molecule has 0 unspecified atom stereocenters. The van der Waals surface area contributed by atoms with Crippen molar-refractivity contribution in [3.05, 3.63) is 17.7 Å². The second kappa shape index (κ2) is 9.22. The summed E-state index contributed by atoms with van der Waals surface area (Å²) in [5.41, 5.74) is -3.97. The van der Waals surface area contributed by atoms with Crippen molar-refractivity contribution >= 4 is 17.8 Å². The maximum atomic E-state index is 14.3. The van der Waals surface area contributed by atoms with Crippen LogP contribution in [0.25, 0.3) is 0 Å². The van der Waals surface area contributed by atoms with E-state index in [1.165, 1.54) is 33.5 Å². The van der Waals surface area contributed by atoms with Crippen molar-refractivity contribution in [2.75, 3.05) is 21.3 Å². The molecule has 2 aliphatic rings. The van der Waals surface area contributed by atoms with E-state index in [0.29, 0.717) is 17.7 Å². The minimum absolute atomic E-state index is 0.0212. The molecule has 1 aromatic rings. The Labute approximate surface area is 194 Å². The monoisotopic (exact) mass is 487 g/mol. The lowest BCUT2D eigenvalue weighted by atomic mass is 9.77. The molecular formula is C22H28F3N3O6. The number of hydrogen-bond acceptors (Lipinski definition) is 6. The summed E-state index contributed by atoms with van der Waals surface area (Å²) >= 11 is 0. The van der Waals surface area contributed by atoms with Crippen molar-refractivity contribution in [2.45, 2.75) is 51.0 Å². The van der Waals surface area contributed by atoms with Gasteiger partial charge in [0.25, 0.3) is 17.5 Å². The molecule has 12 heteroatoms. The van der Waals surface area contributed by atoms with Crippen LogP contribution in [-0.2, 0) is 4.79 Å². The molecule has 1 heterocycles. The molecule has 2 fully saturated rings. The number of amides is 4. The average Bonchev–Trinajstić information content (AvgIpc) is 3.04. The van der Waals surface area contributed by atoms with Gasteiger partial charge in [0.15, 0.2) is 11.5 Å². The van der Waals surface area contributed by atoms with Gasteiger partial charge in [-0.25, -0.2) is 4.79 Å². The standard InChI is InChI=1S/C22H28F3N3O6/c1-11-7-6-8-14(12(11)2)28-19(30)21(22(23,24)25,27-20(28)31)26-18(29)13-9-10-15(32-3)17(34-5)16(13)33-4/h9-12,14H,6-8H2,1-5H3,(H,26,29)(H,27,31)/t11-,12-,14+,21+/m0/s1. The maximum absolute atomic E-state index is 14.3. The summed E-state index contributed by atoms with van der Waals surface area (Å²) in [6.07, 6.45) is -3.42. The number of imide groups is 1. The number of carbonyl (C=O) groups is 3. The fourth-order valence-corrected chi connectivity index (χ4v) is 4.63. The summed E-state index contributed by atoms with van der Waals surface area (Å²) in [6.45, 7) is 3.73. The Balaban J connectivity index is 2.02. The van der Waals surface area contributed by atoms with Crippen molar-refractivity contribution in [2.24, 2.45) is 11.8 Å². The number of alkyl halides is 3. The van der Waals surface area contributed by atoms with E-state index in [1.54, 1.807) is 17.6 Å². The molecule has 0 spiro atoms. The molecule has 1 aliphatic heterocycles. The first-order valence-corrected chi connectivity index (χ1v) is 10.8. The minimum Gasteiger partial charge on any atom is -0.493 e. The van der Waals surface area contributed by atoms with Crippen LogP contribution in [0.3, 0.4) is 0 Å². The maximum Gasteiger partial charge on any atom is 0.440 e. The second-order valence-corrected chi connectivity index (χ2v) is 8.52. The topological polar surface area (TPSA) is 106 Å². The van der Waals surface area contributed by atoms with Gasteiger partial charge in [-0.15, -0.1) is 0 Å². The number of benzene rings is 1. The zero-order valence-electron chi connectivity index (χ0n) is 19.5. The highest BCUT2D eigenvalue weighted by atomic mass is 19.4. The van der Waals surface area contributed by atoms with Crippen LogP contribution in [-0.4, -0.2) is 62.0 Å². The Kier molecular flexibility index (Phi) is 6.90. The lowest BCUT2D eigenvalue weighted by Crippen LogP contribution is -2.69. The molecule has 9 nitrogen and oxygen atoms in total. The van der Waals surface area contributed by atoms with Crippen LogP contribution in [0.2, 0.25) is 0 Å². The Hall–Kier alpha value is -3.18. The summed E-state index contributed by atoms with van der Waals surface area (Å²) in [7, 11) is 3.80. The van der Waals surface area contributed by atoms with Gasteiger partial charge in [-0.2, -0.15) is 13.2 Å². The van der Waals surface area contributed by atoms with E-state index in [4.69, 9.17) is 14.2 Å². The number of carbonyl (C=O) groups excluding carboxylic acids is 3. The summed E-state index contributed by atoms with van der Waals surface area (Å²) in [4.78, 5) is 39.6. The number of methoxy groups -OCH3 is 3. The molecular weight excluding hydrogens is 459 g/mol. The Morgan fingerprint density at radius 2 is 1.74 bits per heavy atom. The van der Waals surface area contributed by atoms with E-state index in [0.717, 1.165) is 6.42 Å². The summed E-state index contributed by atoms with van der Waals surface area (Å²) in [6, 6.07) is 0.563. The van der Waals surface area contributed by atoms with Crippen molar-refractivity contribution in [3.8, 4) is 17.2 Å². The van der Waals surface area contributed by atoms with Crippen molar-refractivity contribution < 1.29 is 41.8 Å². The first kappa shape index (κ1) is 25.4. The van der Waals surface area contributed by atoms with E-state index in [9.17, 15) is 27.6 Å². The zero-order chi connectivity index (χ0) is 25.4. The van der Waals surface area contributed by atoms with Gasteiger partial charge >= 0.3 is 12.2 Å². The summed E-state index contributed by atoms with van der Waals surface area (Å²) < 4.78 is 58.4. The number of ether oxygens (including phenoxy) is 3. The first-order valence-electron chi connectivity index (χ1n) is 10.8. The molecule has 2 N–H and O–H groups in total. The third kappa shape index (κ3) is 3.98. The van der Waals surface area contributed by atoms with Gasteiger partial charge in [0.1, 0.15) is 0 Å². The van der Waals surface area contributed by atoms with Gasteiger partial charge in [0.2, 0.25) is 5.75 Å². The van der Waals surface area contributed by atoms with Crippen molar-refractivity contribution in [3.63, 3.8) is 0 Å². The normalized spacial score (nSPS) is 27.3. The Morgan fingerprint density at radius 1 is 1.09 bits per heavy atom.